The van der Waals surface area contributed by atoms with E-state index in [1.165, 1.54) is 10.6 Å². The molecular weight excluding hydrogens is 549 g/mol. The minimum absolute atomic E-state index is 0.00922. The lowest BCUT2D eigenvalue weighted by Gasteiger charge is -2.18. The molecule has 0 fully saturated rings. The third-order valence-corrected chi connectivity index (χ3v) is 8.09. The highest BCUT2D eigenvalue weighted by atomic mass is 35.5. The van der Waals surface area contributed by atoms with E-state index < -0.39 is 16.1 Å². The smallest absolute Gasteiger partial charge is 0.304 e. The Kier molecular flexibility index (Phi) is 10.2. The molecule has 0 radical (unpaired) electrons. The Morgan fingerprint density at radius 1 is 1.03 bits per heavy atom. The van der Waals surface area contributed by atoms with E-state index in [9.17, 15) is 18.0 Å². The average molecular weight is 579 g/mol. The zero-order valence-corrected chi connectivity index (χ0v) is 23.6. The van der Waals surface area contributed by atoms with Crippen LogP contribution in [0, 0.1) is 0 Å². The first-order valence-corrected chi connectivity index (χ1v) is 14.1. The van der Waals surface area contributed by atoms with Crippen LogP contribution in [0.25, 0.3) is 12.2 Å². The van der Waals surface area contributed by atoms with Gasteiger partial charge < -0.3 is 9.30 Å². The summed E-state index contributed by atoms with van der Waals surface area (Å²) in [7, 11) is -2.33. The van der Waals surface area contributed by atoms with Gasteiger partial charge in [0, 0.05) is 25.2 Å². The number of pyridine rings is 1. The lowest BCUT2D eigenvalue weighted by Crippen LogP contribution is -2.43. The molecule has 1 amide bonds. The molecule has 0 aliphatic carbocycles. The van der Waals surface area contributed by atoms with Gasteiger partial charge >= 0.3 is 10.2 Å². The molecule has 11 heteroatoms. The van der Waals surface area contributed by atoms with Gasteiger partial charge in [0.2, 0.25) is 0 Å². The van der Waals surface area contributed by atoms with Gasteiger partial charge in [-0.25, -0.2) is 4.72 Å². The standard InChI is InChI=1S/C27H29Cl2N3O5S/c1-4-31(5-2)38(35,36)30-26(33)21-12-9-19(10-13-21)15-16-32-25(23(28)18-24(29)27(32)34)14-11-20-7-6-8-22(17-20)37-3/h6-14,17-18H,4-5,15-16H2,1-3H3,(H,30,33). The Morgan fingerprint density at radius 3 is 2.34 bits per heavy atom. The fourth-order valence-electron chi connectivity index (χ4n) is 3.79. The molecule has 3 rings (SSSR count). The van der Waals surface area contributed by atoms with E-state index in [0.717, 1.165) is 15.4 Å². The van der Waals surface area contributed by atoms with Crippen molar-refractivity contribution in [2.75, 3.05) is 20.2 Å². The van der Waals surface area contributed by atoms with Crippen LogP contribution in [0.4, 0.5) is 0 Å². The molecule has 0 unspecified atom stereocenters. The van der Waals surface area contributed by atoms with Crippen LogP contribution in [-0.2, 0) is 23.2 Å². The van der Waals surface area contributed by atoms with Gasteiger partial charge in [-0.3, -0.25) is 9.59 Å². The summed E-state index contributed by atoms with van der Waals surface area (Å²) < 4.78 is 34.6. The molecule has 3 aromatic rings. The summed E-state index contributed by atoms with van der Waals surface area (Å²) >= 11 is 12.6. The number of carbonyl (C=O) groups excluding carboxylic acids is 1. The molecule has 0 aliphatic rings. The van der Waals surface area contributed by atoms with Gasteiger partial charge in [-0.05, 0) is 54.0 Å². The molecule has 0 aliphatic heterocycles. The van der Waals surface area contributed by atoms with Crippen LogP contribution >= 0.6 is 23.2 Å². The van der Waals surface area contributed by atoms with Gasteiger partial charge in [0.15, 0.2) is 0 Å². The van der Waals surface area contributed by atoms with E-state index in [-0.39, 0.29) is 35.8 Å². The molecule has 8 nitrogen and oxygen atoms in total. The van der Waals surface area contributed by atoms with Crippen molar-refractivity contribution in [3.05, 3.63) is 97.4 Å². The van der Waals surface area contributed by atoms with Crippen molar-refractivity contribution in [2.45, 2.75) is 26.8 Å². The lowest BCUT2D eigenvalue weighted by molar-refractivity contribution is 0.0979. The highest BCUT2D eigenvalue weighted by Gasteiger charge is 2.22. The second-order valence-electron chi connectivity index (χ2n) is 8.26. The summed E-state index contributed by atoms with van der Waals surface area (Å²) in [6.45, 7) is 4.17. The molecule has 0 spiro atoms. The number of nitrogens with one attached hydrogen (secondary N) is 1. The highest BCUT2D eigenvalue weighted by molar-refractivity contribution is 7.87. The minimum atomic E-state index is -3.92. The number of aryl methyl sites for hydroxylation is 1. The van der Waals surface area contributed by atoms with E-state index >= 15 is 0 Å². The van der Waals surface area contributed by atoms with Gasteiger partial charge in [0.05, 0.1) is 17.8 Å². The zero-order valence-electron chi connectivity index (χ0n) is 21.3. The van der Waals surface area contributed by atoms with Gasteiger partial charge in [-0.2, -0.15) is 12.7 Å². The summed E-state index contributed by atoms with van der Waals surface area (Å²) in [5.41, 5.74) is 2.03. The SMILES string of the molecule is CCN(CC)S(=O)(=O)NC(=O)c1ccc(CCn2c(C=Cc3cccc(OC)c3)c(Cl)cc(Cl)c2=O)cc1. The number of hydrogen-bond acceptors (Lipinski definition) is 5. The van der Waals surface area contributed by atoms with E-state index in [1.54, 1.807) is 51.3 Å². The van der Waals surface area contributed by atoms with E-state index in [2.05, 4.69) is 4.72 Å². The normalized spacial score (nSPS) is 11.7. The van der Waals surface area contributed by atoms with E-state index in [1.807, 2.05) is 30.3 Å². The number of halogens is 2. The summed E-state index contributed by atoms with van der Waals surface area (Å²) in [5, 5.41) is 0.338. The maximum absolute atomic E-state index is 12.9. The monoisotopic (exact) mass is 577 g/mol. The zero-order chi connectivity index (χ0) is 27.9. The number of amides is 1. The van der Waals surface area contributed by atoms with Crippen molar-refractivity contribution in [2.24, 2.45) is 0 Å². The van der Waals surface area contributed by atoms with Crippen LogP contribution in [0.5, 0.6) is 5.75 Å². The molecule has 1 heterocycles. The van der Waals surface area contributed by atoms with Gasteiger partial charge in [0.25, 0.3) is 11.5 Å². The predicted molar refractivity (Wildman–Crippen MR) is 152 cm³/mol. The molecule has 1 N–H and O–H groups in total. The van der Waals surface area contributed by atoms with Gasteiger partial charge in [-0.15, -0.1) is 0 Å². The Balaban J connectivity index is 1.78. The van der Waals surface area contributed by atoms with Crippen LogP contribution in [0.3, 0.4) is 0 Å². The van der Waals surface area contributed by atoms with Crippen molar-refractivity contribution in [1.82, 2.24) is 13.6 Å². The predicted octanol–water partition coefficient (Wildman–Crippen LogP) is 4.89. The number of carbonyl (C=O) groups is 1. The Morgan fingerprint density at radius 2 is 1.71 bits per heavy atom. The first-order chi connectivity index (χ1) is 18.1. The van der Waals surface area contributed by atoms with Crippen molar-refractivity contribution in [1.29, 1.82) is 0 Å². The fourth-order valence-corrected chi connectivity index (χ4v) is 5.50. The van der Waals surface area contributed by atoms with E-state index in [0.29, 0.717) is 22.9 Å². The fraction of sp³-hybridized carbons (Fsp3) is 0.259. The molecule has 202 valence electrons. The minimum Gasteiger partial charge on any atom is -0.497 e. The third kappa shape index (κ3) is 7.26. The van der Waals surface area contributed by atoms with Crippen LogP contribution in [0.2, 0.25) is 10.0 Å². The van der Waals surface area contributed by atoms with Crippen LogP contribution < -0.4 is 15.0 Å². The summed E-state index contributed by atoms with van der Waals surface area (Å²) in [5.74, 6) is -0.0132. The molecule has 2 aromatic carbocycles. The van der Waals surface area contributed by atoms with Crippen molar-refractivity contribution in [3.8, 4) is 5.75 Å². The Hall–Kier alpha value is -3.11. The first-order valence-electron chi connectivity index (χ1n) is 11.9. The number of rotatable bonds is 11. The maximum Gasteiger partial charge on any atom is 0.304 e. The molecule has 0 saturated heterocycles. The Labute approximate surface area is 232 Å². The largest absolute Gasteiger partial charge is 0.497 e. The van der Waals surface area contributed by atoms with Crippen molar-refractivity contribution in [3.63, 3.8) is 0 Å². The number of aromatic nitrogens is 1. The molecule has 0 bridgehead atoms. The summed E-state index contributed by atoms with van der Waals surface area (Å²) in [6, 6.07) is 15.4. The average Bonchev–Trinajstić information content (AvgIpc) is 2.90. The number of methoxy groups -OCH3 is 1. The quantitative estimate of drug-likeness (QED) is 0.350. The molecule has 0 atom stereocenters. The topological polar surface area (TPSA) is 97.7 Å². The maximum atomic E-state index is 12.9. The number of benzene rings is 2. The Bertz CT molecular complexity index is 1480. The highest BCUT2D eigenvalue weighted by Crippen LogP contribution is 2.22. The number of ether oxygens (including phenoxy) is 1. The third-order valence-electron chi connectivity index (χ3n) is 5.87. The number of hydrogen-bond donors (Lipinski definition) is 1. The summed E-state index contributed by atoms with van der Waals surface area (Å²) in [4.78, 5) is 25.3. The van der Waals surface area contributed by atoms with Crippen LogP contribution in [0.1, 0.15) is 41.0 Å². The van der Waals surface area contributed by atoms with E-state index in [4.69, 9.17) is 27.9 Å². The second kappa shape index (κ2) is 13.1. The molecule has 1 aromatic heterocycles. The molecule has 0 saturated carbocycles. The van der Waals surface area contributed by atoms with Crippen molar-refractivity contribution >= 4 is 51.5 Å². The molecule has 38 heavy (non-hydrogen) atoms. The number of nitrogens with zero attached hydrogens (tertiary/aromatic N) is 2. The van der Waals surface area contributed by atoms with Crippen LogP contribution in [0.15, 0.2) is 59.4 Å². The van der Waals surface area contributed by atoms with Gasteiger partial charge in [-0.1, -0.05) is 67.4 Å². The van der Waals surface area contributed by atoms with Crippen molar-refractivity contribution < 1.29 is 17.9 Å². The van der Waals surface area contributed by atoms with Gasteiger partial charge in [0.1, 0.15) is 10.8 Å². The van der Waals surface area contributed by atoms with Crippen LogP contribution in [-0.4, -0.2) is 43.4 Å². The summed E-state index contributed by atoms with van der Waals surface area (Å²) in [6.07, 6.45) is 4.02. The molecular formula is C27H29Cl2N3O5S. The first kappa shape index (κ1) is 29.4. The lowest BCUT2D eigenvalue weighted by atomic mass is 10.1. The second-order valence-corrected chi connectivity index (χ2v) is 10.7.